The van der Waals surface area contributed by atoms with Gasteiger partial charge in [0.05, 0.1) is 12.6 Å². The highest BCUT2D eigenvalue weighted by atomic mass is 19.4. The number of likely N-dealkylation sites (tertiary alicyclic amines) is 1. The van der Waals surface area contributed by atoms with E-state index in [2.05, 4.69) is 26.3 Å². The monoisotopic (exact) mass is 416 g/mol. The van der Waals surface area contributed by atoms with Crippen molar-refractivity contribution in [2.24, 2.45) is 0 Å². The van der Waals surface area contributed by atoms with E-state index in [0.717, 1.165) is 44.3 Å². The van der Waals surface area contributed by atoms with Crippen LogP contribution in [0.1, 0.15) is 24.1 Å². The molecule has 0 aliphatic carbocycles. The van der Waals surface area contributed by atoms with Crippen LogP contribution in [0, 0.1) is 0 Å². The van der Waals surface area contributed by atoms with Crippen LogP contribution in [0.4, 0.5) is 19.0 Å². The number of nitrogens with one attached hydrogen (secondary N) is 1. The number of hydrogen-bond donors (Lipinski definition) is 1. The Labute approximate surface area is 172 Å². The van der Waals surface area contributed by atoms with Crippen molar-refractivity contribution in [2.75, 3.05) is 25.5 Å². The van der Waals surface area contributed by atoms with E-state index in [9.17, 15) is 13.2 Å². The summed E-state index contributed by atoms with van der Waals surface area (Å²) in [4.78, 5) is 10.5. The number of hydrogen-bond acceptors (Lipinski definition) is 5. The van der Waals surface area contributed by atoms with Crippen LogP contribution in [-0.2, 0) is 12.7 Å². The van der Waals surface area contributed by atoms with Gasteiger partial charge >= 0.3 is 6.18 Å². The molecule has 4 rings (SSSR count). The second-order valence-electron chi connectivity index (χ2n) is 7.47. The van der Waals surface area contributed by atoms with Crippen LogP contribution < -0.4 is 10.1 Å². The third-order valence-corrected chi connectivity index (χ3v) is 5.38. The zero-order valence-electron chi connectivity index (χ0n) is 16.6. The van der Waals surface area contributed by atoms with E-state index in [1.807, 2.05) is 18.2 Å². The Morgan fingerprint density at radius 2 is 1.93 bits per heavy atom. The van der Waals surface area contributed by atoms with Gasteiger partial charge in [0.1, 0.15) is 17.3 Å². The van der Waals surface area contributed by atoms with Gasteiger partial charge in [-0.2, -0.15) is 13.2 Å². The Morgan fingerprint density at radius 3 is 2.67 bits per heavy atom. The fourth-order valence-corrected chi connectivity index (χ4v) is 3.78. The van der Waals surface area contributed by atoms with E-state index >= 15 is 0 Å². The zero-order chi connectivity index (χ0) is 21.1. The zero-order valence-corrected chi connectivity index (χ0v) is 16.6. The SMILES string of the molecule is COc1cccc(CN2CCC(Nc3nccc4nc(C(F)(F)F)ccc34)CC2)c1. The van der Waals surface area contributed by atoms with Crippen LogP contribution in [0.2, 0.25) is 0 Å². The maximum atomic E-state index is 12.9. The number of piperidine rings is 1. The molecule has 158 valence electrons. The molecule has 8 heteroatoms. The second-order valence-corrected chi connectivity index (χ2v) is 7.47. The van der Waals surface area contributed by atoms with E-state index in [4.69, 9.17) is 4.74 Å². The Balaban J connectivity index is 1.39. The highest BCUT2D eigenvalue weighted by Gasteiger charge is 2.32. The van der Waals surface area contributed by atoms with E-state index < -0.39 is 11.9 Å². The number of pyridine rings is 2. The maximum Gasteiger partial charge on any atom is 0.433 e. The van der Waals surface area contributed by atoms with Crippen molar-refractivity contribution in [3.8, 4) is 5.75 Å². The quantitative estimate of drug-likeness (QED) is 0.652. The molecular formula is C22H23F3N4O. The first kappa shape index (κ1) is 20.4. The largest absolute Gasteiger partial charge is 0.497 e. The van der Waals surface area contributed by atoms with Gasteiger partial charge in [-0.25, -0.2) is 9.97 Å². The first-order chi connectivity index (χ1) is 14.4. The van der Waals surface area contributed by atoms with Crippen LogP contribution in [0.15, 0.2) is 48.7 Å². The number of nitrogens with zero attached hydrogens (tertiary/aromatic N) is 3. The van der Waals surface area contributed by atoms with Crippen LogP contribution in [0.5, 0.6) is 5.75 Å². The number of fused-ring (bicyclic) bond motifs is 1. The molecule has 1 N–H and O–H groups in total. The summed E-state index contributed by atoms with van der Waals surface area (Å²) in [5.41, 5.74) is 0.610. The molecule has 0 bridgehead atoms. The molecule has 3 aromatic rings. The van der Waals surface area contributed by atoms with Crippen LogP contribution in [0.25, 0.3) is 10.9 Å². The fraction of sp³-hybridized carbons (Fsp3) is 0.364. The predicted octanol–water partition coefficient (Wildman–Crippen LogP) is 4.73. The summed E-state index contributed by atoms with van der Waals surface area (Å²) >= 11 is 0. The minimum Gasteiger partial charge on any atom is -0.497 e. The summed E-state index contributed by atoms with van der Waals surface area (Å²) in [5.74, 6) is 1.44. The van der Waals surface area contributed by atoms with E-state index in [1.54, 1.807) is 7.11 Å². The third kappa shape index (κ3) is 4.64. The molecule has 1 fully saturated rings. The number of halogens is 3. The number of benzene rings is 1. The van der Waals surface area contributed by atoms with Gasteiger partial charge in [-0.3, -0.25) is 4.90 Å². The average Bonchev–Trinajstić information content (AvgIpc) is 2.74. The van der Waals surface area contributed by atoms with Crippen molar-refractivity contribution in [3.63, 3.8) is 0 Å². The minimum atomic E-state index is -4.46. The lowest BCUT2D eigenvalue weighted by Gasteiger charge is -2.32. The van der Waals surface area contributed by atoms with E-state index in [-0.39, 0.29) is 11.6 Å². The first-order valence-electron chi connectivity index (χ1n) is 9.87. The number of anilines is 1. The average molecular weight is 416 g/mol. The first-order valence-corrected chi connectivity index (χ1v) is 9.87. The molecule has 3 heterocycles. The Bertz CT molecular complexity index is 1020. The van der Waals surface area contributed by atoms with Gasteiger partial charge in [0.2, 0.25) is 0 Å². The van der Waals surface area contributed by atoms with Crippen molar-refractivity contribution in [1.29, 1.82) is 0 Å². The van der Waals surface area contributed by atoms with Gasteiger partial charge in [0, 0.05) is 37.3 Å². The van der Waals surface area contributed by atoms with Gasteiger partial charge in [0.25, 0.3) is 0 Å². The van der Waals surface area contributed by atoms with Crippen molar-refractivity contribution < 1.29 is 17.9 Å². The van der Waals surface area contributed by atoms with E-state index in [0.29, 0.717) is 11.2 Å². The van der Waals surface area contributed by atoms with Gasteiger partial charge in [0.15, 0.2) is 0 Å². The van der Waals surface area contributed by atoms with Gasteiger partial charge < -0.3 is 10.1 Å². The number of alkyl halides is 3. The van der Waals surface area contributed by atoms with Crippen molar-refractivity contribution in [3.05, 3.63) is 59.9 Å². The van der Waals surface area contributed by atoms with Gasteiger partial charge in [-0.05, 0) is 48.7 Å². The maximum absolute atomic E-state index is 12.9. The van der Waals surface area contributed by atoms with Crippen molar-refractivity contribution in [1.82, 2.24) is 14.9 Å². The Morgan fingerprint density at radius 1 is 1.13 bits per heavy atom. The molecule has 30 heavy (non-hydrogen) atoms. The highest BCUT2D eigenvalue weighted by Crippen LogP contribution is 2.30. The number of ether oxygens (including phenoxy) is 1. The molecule has 1 aliphatic rings. The Hall–Kier alpha value is -2.87. The topological polar surface area (TPSA) is 50.3 Å². The van der Waals surface area contributed by atoms with Crippen molar-refractivity contribution in [2.45, 2.75) is 31.6 Å². The molecule has 0 unspecified atom stereocenters. The summed E-state index contributed by atoms with van der Waals surface area (Å²) in [7, 11) is 1.66. The predicted molar refractivity (Wildman–Crippen MR) is 109 cm³/mol. The van der Waals surface area contributed by atoms with E-state index in [1.165, 1.54) is 23.9 Å². The molecule has 0 atom stereocenters. The normalized spacial score (nSPS) is 16.0. The summed E-state index contributed by atoms with van der Waals surface area (Å²) in [6, 6.07) is 12.2. The number of rotatable bonds is 5. The highest BCUT2D eigenvalue weighted by molar-refractivity contribution is 5.89. The second kappa shape index (κ2) is 8.47. The smallest absolute Gasteiger partial charge is 0.433 e. The minimum absolute atomic E-state index is 0.215. The van der Waals surface area contributed by atoms with Crippen LogP contribution in [-0.4, -0.2) is 41.1 Å². The fourth-order valence-electron chi connectivity index (χ4n) is 3.78. The molecule has 0 radical (unpaired) electrons. The van der Waals surface area contributed by atoms with Crippen LogP contribution in [0.3, 0.4) is 0 Å². The van der Waals surface area contributed by atoms with Gasteiger partial charge in [-0.15, -0.1) is 0 Å². The van der Waals surface area contributed by atoms with Crippen LogP contribution >= 0.6 is 0 Å². The number of methoxy groups -OCH3 is 1. The summed E-state index contributed by atoms with van der Waals surface area (Å²) < 4.78 is 44.0. The number of aromatic nitrogens is 2. The molecule has 1 saturated heterocycles. The Kier molecular flexibility index (Phi) is 5.76. The molecular weight excluding hydrogens is 393 g/mol. The third-order valence-electron chi connectivity index (χ3n) is 5.38. The standard InChI is InChI=1S/C22H23F3N4O/c1-30-17-4-2-3-15(13-17)14-29-11-8-16(9-12-29)27-21-18-5-6-20(22(23,24)25)28-19(18)7-10-26-21/h2-7,10,13,16H,8-9,11-12,14H2,1H3,(H,26,27). The molecule has 5 nitrogen and oxygen atoms in total. The summed E-state index contributed by atoms with van der Waals surface area (Å²) in [6.07, 6.45) is -1.11. The lowest BCUT2D eigenvalue weighted by atomic mass is 10.0. The molecule has 0 amide bonds. The summed E-state index contributed by atoms with van der Waals surface area (Å²) in [6.45, 7) is 2.72. The molecule has 0 saturated carbocycles. The van der Waals surface area contributed by atoms with Crippen molar-refractivity contribution >= 4 is 16.7 Å². The summed E-state index contributed by atoms with van der Waals surface area (Å²) in [5, 5.41) is 4.01. The lowest BCUT2D eigenvalue weighted by molar-refractivity contribution is -0.140. The molecule has 1 aliphatic heterocycles. The molecule has 2 aromatic heterocycles. The van der Waals surface area contributed by atoms with Gasteiger partial charge in [-0.1, -0.05) is 12.1 Å². The lowest BCUT2D eigenvalue weighted by Crippen LogP contribution is -2.38. The molecule has 1 aromatic carbocycles. The molecule has 0 spiro atoms.